The number of pyridine rings is 1. The molecule has 2 aromatic heterocycles. The summed E-state index contributed by atoms with van der Waals surface area (Å²) >= 11 is 3.37. The lowest BCUT2D eigenvalue weighted by atomic mass is 10.2. The van der Waals surface area contributed by atoms with Crippen molar-refractivity contribution in [3.05, 3.63) is 76.8 Å². The lowest BCUT2D eigenvalue weighted by molar-refractivity contribution is -0.120. The van der Waals surface area contributed by atoms with E-state index in [2.05, 4.69) is 31.5 Å². The predicted molar refractivity (Wildman–Crippen MR) is 101 cm³/mol. The van der Waals surface area contributed by atoms with Gasteiger partial charge in [-0.1, -0.05) is 22.0 Å². The molecule has 0 fully saturated rings. The number of ether oxygens (including phenoxy) is 1. The van der Waals surface area contributed by atoms with Gasteiger partial charge in [0.15, 0.2) is 0 Å². The molecular weight excluding hydrogens is 414 g/mol. The molecule has 0 atom stereocenters. The van der Waals surface area contributed by atoms with Crippen LogP contribution in [0.2, 0.25) is 0 Å². The van der Waals surface area contributed by atoms with Gasteiger partial charge in [-0.15, -0.1) is 0 Å². The third-order valence-electron chi connectivity index (χ3n) is 3.47. The Hall–Kier alpha value is -3.13. The first-order chi connectivity index (χ1) is 13.1. The molecule has 27 heavy (non-hydrogen) atoms. The number of furan rings is 1. The minimum Gasteiger partial charge on any atom is -0.467 e. The normalized spacial score (nSPS) is 10.3. The molecule has 0 bridgehead atoms. The number of nitrogens with zero attached hydrogens (tertiary/aromatic N) is 1. The van der Waals surface area contributed by atoms with Gasteiger partial charge in [0.25, 0.3) is 5.91 Å². The highest BCUT2D eigenvalue weighted by molar-refractivity contribution is 9.10. The van der Waals surface area contributed by atoms with Gasteiger partial charge in [0.1, 0.15) is 11.5 Å². The third-order valence-corrected chi connectivity index (χ3v) is 3.96. The van der Waals surface area contributed by atoms with Crippen LogP contribution in [0.5, 0.6) is 11.6 Å². The maximum atomic E-state index is 12.1. The first-order valence-corrected chi connectivity index (χ1v) is 8.86. The van der Waals surface area contributed by atoms with E-state index in [0.29, 0.717) is 23.0 Å². The van der Waals surface area contributed by atoms with E-state index in [1.807, 2.05) is 18.2 Å². The molecule has 138 valence electrons. The van der Waals surface area contributed by atoms with Crippen LogP contribution < -0.4 is 15.4 Å². The van der Waals surface area contributed by atoms with Crippen molar-refractivity contribution in [3.63, 3.8) is 0 Å². The van der Waals surface area contributed by atoms with E-state index in [1.54, 1.807) is 30.3 Å². The quantitative estimate of drug-likeness (QED) is 0.600. The fourth-order valence-electron chi connectivity index (χ4n) is 2.15. The molecule has 2 amide bonds. The van der Waals surface area contributed by atoms with Gasteiger partial charge in [0.2, 0.25) is 11.8 Å². The molecule has 0 unspecified atom stereocenters. The molecular formula is C19H16BrN3O4. The first kappa shape index (κ1) is 18.7. The molecule has 0 aliphatic heterocycles. The Morgan fingerprint density at radius 1 is 1.11 bits per heavy atom. The Labute approximate surface area is 163 Å². The van der Waals surface area contributed by atoms with Crippen LogP contribution in [0.25, 0.3) is 0 Å². The van der Waals surface area contributed by atoms with Crippen molar-refractivity contribution in [3.8, 4) is 11.6 Å². The molecule has 0 spiro atoms. The van der Waals surface area contributed by atoms with Crippen molar-refractivity contribution in [1.29, 1.82) is 0 Å². The second-order valence-electron chi connectivity index (χ2n) is 5.48. The van der Waals surface area contributed by atoms with Crippen LogP contribution >= 0.6 is 15.9 Å². The van der Waals surface area contributed by atoms with Gasteiger partial charge in [-0.25, -0.2) is 4.98 Å². The number of amides is 2. The van der Waals surface area contributed by atoms with Crippen LogP contribution in [0.1, 0.15) is 16.1 Å². The molecule has 3 aromatic rings. The second kappa shape index (κ2) is 9.00. The maximum Gasteiger partial charge on any atom is 0.253 e. The fourth-order valence-corrected chi connectivity index (χ4v) is 2.53. The van der Waals surface area contributed by atoms with Gasteiger partial charge < -0.3 is 19.8 Å². The minimum absolute atomic E-state index is 0.143. The molecule has 0 radical (unpaired) electrons. The van der Waals surface area contributed by atoms with E-state index < -0.39 is 5.91 Å². The molecule has 8 heteroatoms. The van der Waals surface area contributed by atoms with Gasteiger partial charge in [-0.05, 0) is 36.4 Å². The summed E-state index contributed by atoms with van der Waals surface area (Å²) in [6.45, 7) is 0.126. The van der Waals surface area contributed by atoms with E-state index >= 15 is 0 Å². The number of halogens is 1. The lowest BCUT2D eigenvalue weighted by Crippen LogP contribution is -2.36. The Balaban J connectivity index is 1.47. The lowest BCUT2D eigenvalue weighted by Gasteiger charge is -2.07. The number of nitrogens with one attached hydrogen (secondary N) is 2. The predicted octanol–water partition coefficient (Wildman–Crippen LogP) is 3.28. The molecule has 0 saturated heterocycles. The summed E-state index contributed by atoms with van der Waals surface area (Å²) in [5.74, 6) is 0.912. The zero-order valence-corrected chi connectivity index (χ0v) is 15.7. The number of rotatable bonds is 7. The first-order valence-electron chi connectivity index (χ1n) is 8.07. The van der Waals surface area contributed by atoms with E-state index in [1.165, 1.54) is 12.5 Å². The number of aromatic nitrogens is 1. The summed E-state index contributed by atoms with van der Waals surface area (Å²) < 4.78 is 11.6. The molecule has 3 rings (SSSR count). The van der Waals surface area contributed by atoms with Crippen molar-refractivity contribution in [1.82, 2.24) is 15.6 Å². The smallest absolute Gasteiger partial charge is 0.253 e. The van der Waals surface area contributed by atoms with Crippen LogP contribution in [0.4, 0.5) is 0 Å². The largest absolute Gasteiger partial charge is 0.467 e. The number of benzene rings is 1. The summed E-state index contributed by atoms with van der Waals surface area (Å²) in [5.41, 5.74) is 0.329. The van der Waals surface area contributed by atoms with Crippen molar-refractivity contribution < 1.29 is 18.7 Å². The Morgan fingerprint density at radius 3 is 2.70 bits per heavy atom. The highest BCUT2D eigenvalue weighted by Crippen LogP contribution is 2.22. The van der Waals surface area contributed by atoms with Crippen LogP contribution in [0.3, 0.4) is 0 Å². The molecule has 2 heterocycles. The molecule has 0 aliphatic carbocycles. The van der Waals surface area contributed by atoms with Crippen LogP contribution in [-0.4, -0.2) is 23.3 Å². The van der Waals surface area contributed by atoms with Crippen LogP contribution in [0, 0.1) is 0 Å². The van der Waals surface area contributed by atoms with Gasteiger partial charge in [-0.2, -0.15) is 0 Å². The van der Waals surface area contributed by atoms with Crippen molar-refractivity contribution in [2.75, 3.05) is 6.54 Å². The van der Waals surface area contributed by atoms with E-state index in [0.717, 1.165) is 4.47 Å². The fraction of sp³-hybridized carbons (Fsp3) is 0.105. The number of carbonyl (C=O) groups excluding carboxylic acids is 2. The summed E-state index contributed by atoms with van der Waals surface area (Å²) in [4.78, 5) is 28.0. The van der Waals surface area contributed by atoms with E-state index in [9.17, 15) is 9.59 Å². The SMILES string of the molecule is O=C(CNC(=O)c1ccc(Oc2cccc(Br)c2)nc1)NCc1ccco1. The zero-order chi connectivity index (χ0) is 19.1. The highest BCUT2D eigenvalue weighted by atomic mass is 79.9. The average Bonchev–Trinajstić information content (AvgIpc) is 3.19. The monoisotopic (exact) mass is 429 g/mol. The summed E-state index contributed by atoms with van der Waals surface area (Å²) in [6, 6.07) is 14.0. The number of carbonyl (C=O) groups is 2. The van der Waals surface area contributed by atoms with Crippen molar-refractivity contribution >= 4 is 27.7 Å². The average molecular weight is 430 g/mol. The van der Waals surface area contributed by atoms with E-state index in [4.69, 9.17) is 9.15 Å². The van der Waals surface area contributed by atoms with Crippen LogP contribution in [-0.2, 0) is 11.3 Å². The maximum absolute atomic E-state index is 12.1. The Kier molecular flexibility index (Phi) is 6.22. The van der Waals surface area contributed by atoms with E-state index in [-0.39, 0.29) is 19.0 Å². The molecule has 0 aliphatic rings. The summed E-state index contributed by atoms with van der Waals surface area (Å²) in [7, 11) is 0. The minimum atomic E-state index is -0.398. The number of hydrogen-bond donors (Lipinski definition) is 2. The van der Waals surface area contributed by atoms with Gasteiger partial charge in [0.05, 0.1) is 24.9 Å². The van der Waals surface area contributed by atoms with Gasteiger partial charge >= 0.3 is 0 Å². The standard InChI is InChI=1S/C19H16BrN3O4/c20-14-3-1-4-15(9-14)27-18-7-6-13(10-22-18)19(25)23-12-17(24)21-11-16-5-2-8-26-16/h1-10H,11-12H2,(H,21,24)(H,23,25). The summed E-state index contributed by atoms with van der Waals surface area (Å²) in [6.07, 6.45) is 2.92. The number of hydrogen-bond acceptors (Lipinski definition) is 5. The Morgan fingerprint density at radius 2 is 2.00 bits per heavy atom. The van der Waals surface area contributed by atoms with Crippen molar-refractivity contribution in [2.45, 2.75) is 6.54 Å². The van der Waals surface area contributed by atoms with Crippen LogP contribution in [0.15, 0.2) is 69.9 Å². The summed E-state index contributed by atoms with van der Waals surface area (Å²) in [5, 5.41) is 5.18. The van der Waals surface area contributed by atoms with Crippen molar-refractivity contribution in [2.24, 2.45) is 0 Å². The van der Waals surface area contributed by atoms with Gasteiger partial charge in [-0.3, -0.25) is 9.59 Å². The van der Waals surface area contributed by atoms with Gasteiger partial charge in [0, 0.05) is 16.7 Å². The molecule has 7 nitrogen and oxygen atoms in total. The second-order valence-corrected chi connectivity index (χ2v) is 6.40. The third kappa shape index (κ3) is 5.68. The zero-order valence-electron chi connectivity index (χ0n) is 14.1. The topological polar surface area (TPSA) is 93.5 Å². The molecule has 0 saturated carbocycles. The molecule has 2 N–H and O–H groups in total. The Bertz CT molecular complexity index is 911. The molecule has 1 aromatic carbocycles. The highest BCUT2D eigenvalue weighted by Gasteiger charge is 2.09.